The maximum absolute atomic E-state index is 12.9. The zero-order chi connectivity index (χ0) is 19.1. The Morgan fingerprint density at radius 2 is 2.21 bits per heavy atom. The smallest absolute Gasteiger partial charge is 0.232 e. The molecule has 0 N–H and O–H groups in total. The normalized spacial score (nSPS) is 17.2. The van der Waals surface area contributed by atoms with Crippen molar-refractivity contribution in [1.29, 1.82) is 0 Å². The highest BCUT2D eigenvalue weighted by Gasteiger charge is 2.35. The van der Waals surface area contributed by atoms with Crippen molar-refractivity contribution in [3.63, 3.8) is 0 Å². The summed E-state index contributed by atoms with van der Waals surface area (Å²) < 4.78 is 17.3. The average molecular weight is 374 g/mol. The monoisotopic (exact) mass is 374 g/mol. The second-order valence-corrected chi connectivity index (χ2v) is 6.95. The molecule has 1 aromatic carbocycles. The molecule has 3 aromatic rings. The minimum absolute atomic E-state index is 0.129. The van der Waals surface area contributed by atoms with E-state index < -0.39 is 0 Å². The summed E-state index contributed by atoms with van der Waals surface area (Å²) >= 11 is 0. The number of aryl methyl sites for hydroxylation is 1. The quantitative estimate of drug-likeness (QED) is 0.647. The highest BCUT2D eigenvalue weighted by Crippen LogP contribution is 2.44. The molecule has 0 amide bonds. The van der Waals surface area contributed by atoms with Gasteiger partial charge >= 0.3 is 0 Å². The number of aromatic nitrogens is 1. The van der Waals surface area contributed by atoms with Crippen LogP contribution >= 0.6 is 0 Å². The van der Waals surface area contributed by atoms with E-state index in [-0.39, 0.29) is 11.5 Å². The Balaban J connectivity index is 1.48. The third-order valence-electron chi connectivity index (χ3n) is 4.93. The zero-order valence-corrected chi connectivity index (χ0v) is 15.3. The molecule has 0 saturated carbocycles. The molecule has 0 aliphatic carbocycles. The first-order valence-electron chi connectivity index (χ1n) is 9.07. The summed E-state index contributed by atoms with van der Waals surface area (Å²) in [5, 5.41) is 0. The molecule has 0 atom stereocenters. The molecule has 2 aliphatic heterocycles. The van der Waals surface area contributed by atoms with E-state index in [4.69, 9.17) is 13.9 Å². The number of Topliss-reactive ketones (excluding diaryl/α,β-unsaturated/α-hetero) is 1. The zero-order valence-electron chi connectivity index (χ0n) is 15.3. The van der Waals surface area contributed by atoms with E-state index >= 15 is 0 Å². The van der Waals surface area contributed by atoms with Gasteiger partial charge in [0.25, 0.3) is 0 Å². The number of carbonyl (C=O) groups excluding carboxylic acids is 1. The number of furan rings is 1. The SMILES string of the molecule is Cc1cc2c(c3c1C(=O)/C(=C/c1ccco1)O3)CN(Cc1cccnc1)CO2. The Kier molecular flexibility index (Phi) is 3.98. The van der Waals surface area contributed by atoms with Crippen LogP contribution in [0.2, 0.25) is 0 Å². The number of hydrogen-bond acceptors (Lipinski definition) is 6. The topological polar surface area (TPSA) is 64.8 Å². The van der Waals surface area contributed by atoms with Crippen LogP contribution in [0.25, 0.3) is 6.08 Å². The molecule has 0 saturated heterocycles. The molecule has 140 valence electrons. The number of pyridine rings is 1. The summed E-state index contributed by atoms with van der Waals surface area (Å²) in [5.41, 5.74) is 3.45. The van der Waals surface area contributed by atoms with Crippen LogP contribution in [0.1, 0.15) is 32.8 Å². The van der Waals surface area contributed by atoms with Crippen molar-refractivity contribution in [2.45, 2.75) is 20.0 Å². The lowest BCUT2D eigenvalue weighted by Gasteiger charge is -2.30. The van der Waals surface area contributed by atoms with E-state index in [2.05, 4.69) is 9.88 Å². The predicted molar refractivity (Wildman–Crippen MR) is 102 cm³/mol. The van der Waals surface area contributed by atoms with E-state index in [0.29, 0.717) is 36.9 Å². The Hall–Kier alpha value is -3.38. The number of benzene rings is 1. The number of rotatable bonds is 3. The predicted octanol–water partition coefficient (Wildman–Crippen LogP) is 3.95. The number of nitrogens with zero attached hydrogens (tertiary/aromatic N) is 2. The minimum Gasteiger partial charge on any atom is -0.478 e. The summed E-state index contributed by atoms with van der Waals surface area (Å²) in [7, 11) is 0. The Morgan fingerprint density at radius 3 is 3.00 bits per heavy atom. The van der Waals surface area contributed by atoms with E-state index in [1.54, 1.807) is 30.7 Å². The van der Waals surface area contributed by atoms with E-state index in [1.165, 1.54) is 0 Å². The summed E-state index contributed by atoms with van der Waals surface area (Å²) in [6.45, 7) is 3.72. The van der Waals surface area contributed by atoms with Gasteiger partial charge in [-0.3, -0.25) is 14.7 Å². The third kappa shape index (κ3) is 2.88. The lowest BCUT2D eigenvalue weighted by atomic mass is 9.98. The summed E-state index contributed by atoms with van der Waals surface area (Å²) in [6, 6.07) is 9.44. The lowest BCUT2D eigenvalue weighted by Crippen LogP contribution is -2.31. The molecule has 4 heterocycles. The Morgan fingerprint density at radius 1 is 1.29 bits per heavy atom. The molecule has 0 spiro atoms. The Labute approximate surface area is 162 Å². The second-order valence-electron chi connectivity index (χ2n) is 6.95. The second kappa shape index (κ2) is 6.65. The molecule has 6 nitrogen and oxygen atoms in total. The molecule has 2 aromatic heterocycles. The van der Waals surface area contributed by atoms with Crippen molar-refractivity contribution in [2.75, 3.05) is 6.73 Å². The lowest BCUT2D eigenvalue weighted by molar-refractivity contribution is 0.0871. The van der Waals surface area contributed by atoms with Crippen LogP contribution in [0.15, 0.2) is 59.2 Å². The molecule has 5 rings (SSSR count). The maximum Gasteiger partial charge on any atom is 0.232 e. The van der Waals surface area contributed by atoms with Gasteiger partial charge in [0.1, 0.15) is 24.0 Å². The van der Waals surface area contributed by atoms with Gasteiger partial charge in [-0.1, -0.05) is 6.07 Å². The fraction of sp³-hybridized carbons (Fsp3) is 0.182. The van der Waals surface area contributed by atoms with Crippen LogP contribution in [0, 0.1) is 6.92 Å². The number of allylic oxidation sites excluding steroid dienone is 1. The molecule has 28 heavy (non-hydrogen) atoms. The number of fused-ring (bicyclic) bond motifs is 3. The van der Waals surface area contributed by atoms with Gasteiger partial charge < -0.3 is 13.9 Å². The van der Waals surface area contributed by atoms with Crippen LogP contribution < -0.4 is 9.47 Å². The van der Waals surface area contributed by atoms with Crippen LogP contribution in [0.4, 0.5) is 0 Å². The van der Waals surface area contributed by atoms with Gasteiger partial charge in [0.2, 0.25) is 5.78 Å². The van der Waals surface area contributed by atoms with Crippen LogP contribution in [-0.4, -0.2) is 22.4 Å². The number of ether oxygens (including phenoxy) is 2. The molecule has 0 unspecified atom stereocenters. The number of ketones is 1. The van der Waals surface area contributed by atoms with Gasteiger partial charge in [0.15, 0.2) is 5.76 Å². The number of hydrogen-bond donors (Lipinski definition) is 0. The first kappa shape index (κ1) is 16.8. The largest absolute Gasteiger partial charge is 0.478 e. The van der Waals surface area contributed by atoms with E-state index in [0.717, 1.165) is 22.4 Å². The molecule has 0 fully saturated rings. The van der Waals surface area contributed by atoms with Gasteiger partial charge in [-0.2, -0.15) is 0 Å². The van der Waals surface area contributed by atoms with Crippen LogP contribution in [0.5, 0.6) is 11.5 Å². The highest BCUT2D eigenvalue weighted by atomic mass is 16.5. The van der Waals surface area contributed by atoms with Crippen molar-refractivity contribution in [2.24, 2.45) is 0 Å². The summed E-state index contributed by atoms with van der Waals surface area (Å²) in [4.78, 5) is 19.2. The minimum atomic E-state index is -0.129. The van der Waals surface area contributed by atoms with Crippen molar-refractivity contribution < 1.29 is 18.7 Å². The van der Waals surface area contributed by atoms with Crippen molar-refractivity contribution in [1.82, 2.24) is 9.88 Å². The van der Waals surface area contributed by atoms with Crippen LogP contribution in [-0.2, 0) is 13.1 Å². The fourth-order valence-corrected chi connectivity index (χ4v) is 3.63. The summed E-state index contributed by atoms with van der Waals surface area (Å²) in [5.74, 6) is 2.08. The first-order valence-corrected chi connectivity index (χ1v) is 9.07. The van der Waals surface area contributed by atoms with Gasteiger partial charge in [0.05, 0.1) is 17.4 Å². The molecular weight excluding hydrogens is 356 g/mol. The van der Waals surface area contributed by atoms with Gasteiger partial charge in [-0.25, -0.2) is 0 Å². The summed E-state index contributed by atoms with van der Waals surface area (Å²) in [6.07, 6.45) is 6.80. The third-order valence-corrected chi connectivity index (χ3v) is 4.93. The molecule has 6 heteroatoms. The van der Waals surface area contributed by atoms with Gasteiger partial charge in [-0.15, -0.1) is 0 Å². The standard InChI is InChI=1S/C22H18N2O4/c1-14-8-18-17(12-24(13-27-18)11-15-4-2-6-23-10-15)22-20(14)21(25)19(28-22)9-16-5-3-7-26-16/h2-10H,11-13H2,1H3/b19-9-. The molecule has 2 aliphatic rings. The fourth-order valence-electron chi connectivity index (χ4n) is 3.63. The van der Waals surface area contributed by atoms with Gasteiger partial charge in [0, 0.05) is 31.6 Å². The van der Waals surface area contributed by atoms with Crippen molar-refractivity contribution >= 4 is 11.9 Å². The van der Waals surface area contributed by atoms with Gasteiger partial charge in [-0.05, 0) is 42.3 Å². The average Bonchev–Trinajstić information content (AvgIpc) is 3.32. The van der Waals surface area contributed by atoms with E-state index in [9.17, 15) is 4.79 Å². The number of carbonyl (C=O) groups is 1. The molecular formula is C22H18N2O4. The van der Waals surface area contributed by atoms with E-state index in [1.807, 2.05) is 31.3 Å². The maximum atomic E-state index is 12.9. The van der Waals surface area contributed by atoms with Crippen molar-refractivity contribution in [3.05, 3.63) is 82.8 Å². The Bertz CT molecular complexity index is 1070. The highest BCUT2D eigenvalue weighted by molar-refractivity contribution is 6.15. The molecule has 0 radical (unpaired) electrons. The molecule has 0 bridgehead atoms. The van der Waals surface area contributed by atoms with Crippen LogP contribution in [0.3, 0.4) is 0 Å². The van der Waals surface area contributed by atoms with Crippen molar-refractivity contribution in [3.8, 4) is 11.5 Å². The first-order chi connectivity index (χ1) is 13.7.